The number of aliphatic carboxylic acids is 1. The van der Waals surface area contributed by atoms with Crippen LogP contribution in [0.25, 0.3) is 0 Å². The molecule has 0 bridgehead atoms. The van der Waals surface area contributed by atoms with E-state index in [4.69, 9.17) is 9.90 Å². The van der Waals surface area contributed by atoms with Crippen LogP contribution < -0.4 is 0 Å². The standard InChI is InChI=1S/C2H4O2.Na.4H2.H/c1-2(3)4;;;;;;/h1H3,(H,3,4);;4*1H;. The molecule has 5 heavy (non-hydrogen) atoms. The maximum atomic E-state index is 9.00. The van der Waals surface area contributed by atoms with E-state index in [1.54, 1.807) is 0 Å². The van der Waals surface area contributed by atoms with Crippen LogP contribution in [0.15, 0.2) is 0 Å². The van der Waals surface area contributed by atoms with Gasteiger partial charge in [-0.1, -0.05) is 0 Å². The third-order valence-electron chi connectivity index (χ3n) is 0. The summed E-state index contributed by atoms with van der Waals surface area (Å²) in [7, 11) is 0. The summed E-state index contributed by atoms with van der Waals surface area (Å²) in [5.41, 5.74) is 0. The summed E-state index contributed by atoms with van der Waals surface area (Å²) in [6.07, 6.45) is 0. The van der Waals surface area contributed by atoms with Gasteiger partial charge >= 0.3 is 29.6 Å². The van der Waals surface area contributed by atoms with E-state index in [2.05, 4.69) is 0 Å². The molecule has 34 valence electrons. The summed E-state index contributed by atoms with van der Waals surface area (Å²) in [4.78, 5) is 9.00. The Morgan fingerprint density at radius 3 is 2.00 bits per heavy atom. The van der Waals surface area contributed by atoms with Gasteiger partial charge in [0, 0.05) is 12.6 Å². The fourth-order valence-corrected chi connectivity index (χ4v) is 0. The van der Waals surface area contributed by atoms with E-state index < -0.39 is 5.97 Å². The summed E-state index contributed by atoms with van der Waals surface area (Å²) in [5.74, 6) is -0.833. The Balaban J connectivity index is -0.00000000450. The van der Waals surface area contributed by atoms with Gasteiger partial charge in [0.15, 0.2) is 0 Å². The number of carboxylic acids is 1. The van der Waals surface area contributed by atoms with Crippen molar-refractivity contribution < 1.29 is 15.6 Å². The number of carbonyl (C=O) groups is 1. The number of hydrogen-bond donors (Lipinski definition) is 1. The first-order chi connectivity index (χ1) is 1.73. The van der Waals surface area contributed by atoms with Crippen LogP contribution in [0.5, 0.6) is 0 Å². The van der Waals surface area contributed by atoms with E-state index >= 15 is 0 Å². The Morgan fingerprint density at radius 1 is 2.00 bits per heavy atom. The van der Waals surface area contributed by atoms with Crippen molar-refractivity contribution in [1.29, 1.82) is 0 Å². The van der Waals surface area contributed by atoms with Crippen LogP contribution >= 0.6 is 0 Å². The molecule has 0 aromatic heterocycles. The number of carboxylic acid groups (broad SMARTS) is 1. The van der Waals surface area contributed by atoms with Crippen molar-refractivity contribution in [1.82, 2.24) is 0 Å². The molecule has 0 aliphatic carbocycles. The predicted octanol–water partition coefficient (Wildman–Crippen LogP) is 0.426. The van der Waals surface area contributed by atoms with Gasteiger partial charge in [-0.3, -0.25) is 4.79 Å². The molecule has 0 fully saturated rings. The molecule has 0 radical (unpaired) electrons. The molecule has 0 amide bonds. The van der Waals surface area contributed by atoms with Crippen molar-refractivity contribution in [2.75, 3.05) is 0 Å². The summed E-state index contributed by atoms with van der Waals surface area (Å²) in [5, 5.41) is 7.42. The van der Waals surface area contributed by atoms with Crippen LogP contribution in [0.4, 0.5) is 0 Å². The van der Waals surface area contributed by atoms with Gasteiger partial charge < -0.3 is 5.11 Å². The SMILES string of the molecule is CC(=O)O.[HH].[HH].[HH].[HH].[NaH]. The van der Waals surface area contributed by atoms with Crippen LogP contribution in [0, 0.1) is 0 Å². The van der Waals surface area contributed by atoms with Crippen molar-refractivity contribution in [3.05, 3.63) is 0 Å². The number of rotatable bonds is 0. The third kappa shape index (κ3) is 123. The van der Waals surface area contributed by atoms with Crippen LogP contribution in [-0.4, -0.2) is 40.6 Å². The average Bonchev–Trinajstić information content (AvgIpc) is 0.811. The molecule has 0 spiro atoms. The molecule has 0 saturated heterocycles. The zero-order chi connectivity index (χ0) is 3.58. The zero-order valence-electron chi connectivity index (χ0n) is 2.36. The first-order valence-electron chi connectivity index (χ1n) is 0.928. The topological polar surface area (TPSA) is 37.3 Å². The second-order valence-corrected chi connectivity index (χ2v) is 0.519. The van der Waals surface area contributed by atoms with Gasteiger partial charge in [-0.15, -0.1) is 0 Å². The Kier molecular flexibility index (Phi) is 8.11. The summed E-state index contributed by atoms with van der Waals surface area (Å²) in [6.45, 7) is 1.08. The van der Waals surface area contributed by atoms with Crippen LogP contribution in [-0.2, 0) is 4.79 Å². The van der Waals surface area contributed by atoms with E-state index in [0.29, 0.717) is 0 Å². The van der Waals surface area contributed by atoms with Crippen molar-refractivity contribution >= 4 is 35.5 Å². The molecular formula is C2H13NaO2. The van der Waals surface area contributed by atoms with Gasteiger partial charge in [0.05, 0.1) is 0 Å². The van der Waals surface area contributed by atoms with E-state index in [-0.39, 0.29) is 35.3 Å². The quantitative estimate of drug-likeness (QED) is 0.440. The molecule has 0 saturated carbocycles. The summed E-state index contributed by atoms with van der Waals surface area (Å²) in [6, 6.07) is 0. The maximum absolute atomic E-state index is 9.00. The van der Waals surface area contributed by atoms with Crippen LogP contribution in [0.3, 0.4) is 0 Å². The molecule has 0 unspecified atom stereocenters. The Hall–Kier alpha value is 0.470. The molecule has 0 aliphatic rings. The molecule has 3 heteroatoms. The second-order valence-electron chi connectivity index (χ2n) is 0.519. The first-order valence-corrected chi connectivity index (χ1v) is 0.928. The summed E-state index contributed by atoms with van der Waals surface area (Å²) < 4.78 is 0. The molecule has 0 aromatic carbocycles. The van der Waals surface area contributed by atoms with Gasteiger partial charge in [0.25, 0.3) is 5.97 Å². The minimum atomic E-state index is -0.833. The first kappa shape index (κ1) is 9.08. The minimum absolute atomic E-state index is 0. The van der Waals surface area contributed by atoms with Crippen LogP contribution in [0.2, 0.25) is 0 Å². The van der Waals surface area contributed by atoms with E-state index in [1.807, 2.05) is 0 Å². The van der Waals surface area contributed by atoms with E-state index in [0.717, 1.165) is 6.92 Å². The predicted molar refractivity (Wildman–Crippen MR) is 28.9 cm³/mol. The average molecular weight is 92.1 g/mol. The Bertz CT molecular complexity index is 39.5. The van der Waals surface area contributed by atoms with E-state index in [9.17, 15) is 0 Å². The Morgan fingerprint density at radius 2 is 2.00 bits per heavy atom. The molecule has 0 atom stereocenters. The molecule has 0 aromatic rings. The van der Waals surface area contributed by atoms with Crippen LogP contribution in [0.1, 0.15) is 12.6 Å². The van der Waals surface area contributed by atoms with E-state index in [1.165, 1.54) is 0 Å². The van der Waals surface area contributed by atoms with Gasteiger partial charge in [-0.2, -0.15) is 0 Å². The van der Waals surface area contributed by atoms with Crippen molar-refractivity contribution in [2.45, 2.75) is 6.92 Å². The zero-order valence-corrected chi connectivity index (χ0v) is 2.36. The molecule has 0 heterocycles. The van der Waals surface area contributed by atoms with Gasteiger partial charge in [-0.05, 0) is 0 Å². The normalized spacial score (nSPS) is 5.00. The number of hydrogen-bond acceptors (Lipinski definition) is 1. The van der Waals surface area contributed by atoms with Crippen molar-refractivity contribution in [3.63, 3.8) is 0 Å². The fraction of sp³-hybridized carbons (Fsp3) is 0.500. The molecule has 0 aliphatic heterocycles. The molecule has 2 nitrogen and oxygen atoms in total. The van der Waals surface area contributed by atoms with Gasteiger partial charge in [0.1, 0.15) is 0 Å². The van der Waals surface area contributed by atoms with Crippen molar-refractivity contribution in [3.8, 4) is 0 Å². The monoisotopic (exact) mass is 92.1 g/mol. The van der Waals surface area contributed by atoms with Gasteiger partial charge in [-0.25, -0.2) is 0 Å². The molecule has 1 N–H and O–H groups in total. The molecule has 0 rings (SSSR count). The van der Waals surface area contributed by atoms with Gasteiger partial charge in [0.2, 0.25) is 0 Å². The second kappa shape index (κ2) is 4.47. The fourth-order valence-electron chi connectivity index (χ4n) is 0. The Labute approximate surface area is 58.4 Å². The summed E-state index contributed by atoms with van der Waals surface area (Å²) >= 11 is 0. The van der Waals surface area contributed by atoms with Crippen molar-refractivity contribution in [2.24, 2.45) is 0 Å². The third-order valence-corrected chi connectivity index (χ3v) is 0. The molecular weight excluding hydrogens is 79.0 g/mol.